The lowest BCUT2D eigenvalue weighted by Gasteiger charge is -2.18. The van der Waals surface area contributed by atoms with Crippen LogP contribution in [0.3, 0.4) is 0 Å². The van der Waals surface area contributed by atoms with Crippen LogP contribution in [-0.4, -0.2) is 46.5 Å². The molecule has 6 heteroatoms. The maximum Gasteiger partial charge on any atom is 0.162 e. The Kier molecular flexibility index (Phi) is 4.92. The second-order valence-electron chi connectivity index (χ2n) is 1.98. The molecule has 66 valence electrons. The molecule has 11 heavy (non-hydrogen) atoms. The molecule has 0 aromatic heterocycles. The van der Waals surface area contributed by atoms with Crippen LogP contribution in [0, 0.1) is 0 Å². The van der Waals surface area contributed by atoms with Gasteiger partial charge in [-0.2, -0.15) is 0 Å². The molecule has 0 aliphatic carbocycles. The smallest absolute Gasteiger partial charge is 0.162 e. The van der Waals surface area contributed by atoms with Crippen molar-refractivity contribution >= 4 is 6.29 Å². The Labute approximate surface area is 63.2 Å². The zero-order chi connectivity index (χ0) is 8.85. The Hall–Kier alpha value is -0.530. The molecule has 0 aromatic rings. The van der Waals surface area contributed by atoms with E-state index >= 15 is 0 Å². The minimum Gasteiger partial charge on any atom is -0.394 e. The minimum atomic E-state index is -1.50. The molecule has 0 radical (unpaired) electrons. The normalized spacial score (nSPS) is 18.9. The predicted octanol–water partition coefficient (Wildman–Crippen LogP) is -2.84. The van der Waals surface area contributed by atoms with Crippen LogP contribution in [0.4, 0.5) is 0 Å². The van der Waals surface area contributed by atoms with Gasteiger partial charge < -0.3 is 20.1 Å². The van der Waals surface area contributed by atoms with Gasteiger partial charge in [-0.1, -0.05) is 0 Å². The number of aliphatic hydroxyl groups excluding tert-OH is 3. The van der Waals surface area contributed by atoms with Crippen molar-refractivity contribution in [3.8, 4) is 0 Å². The summed E-state index contributed by atoms with van der Waals surface area (Å²) in [4.78, 5) is 14.0. The first kappa shape index (κ1) is 10.5. The lowest BCUT2D eigenvalue weighted by molar-refractivity contribution is -0.136. The Morgan fingerprint density at radius 1 is 1.55 bits per heavy atom. The second kappa shape index (κ2) is 5.16. The Morgan fingerprint density at radius 3 is 2.36 bits per heavy atom. The average Bonchev–Trinajstić information content (AvgIpc) is 2.05. The standard InChI is InChI=1S/C5H11NO5/c6-11-4(2-8)5(10)3(9)1-7/h2-5,7,9-10H,1,6H2/t3-,4-,5-/m1/s1. The molecule has 0 amide bonds. The van der Waals surface area contributed by atoms with E-state index < -0.39 is 24.9 Å². The molecule has 0 spiro atoms. The predicted molar refractivity (Wildman–Crippen MR) is 34.2 cm³/mol. The van der Waals surface area contributed by atoms with E-state index in [9.17, 15) is 4.79 Å². The van der Waals surface area contributed by atoms with Crippen molar-refractivity contribution in [2.45, 2.75) is 18.3 Å². The van der Waals surface area contributed by atoms with Crippen molar-refractivity contribution in [3.05, 3.63) is 0 Å². The lowest BCUT2D eigenvalue weighted by atomic mass is 10.1. The molecular formula is C5H11NO5. The molecule has 0 bridgehead atoms. The maximum absolute atomic E-state index is 10.0. The van der Waals surface area contributed by atoms with Gasteiger partial charge in [0.15, 0.2) is 12.4 Å². The number of rotatable bonds is 5. The van der Waals surface area contributed by atoms with Crippen molar-refractivity contribution in [1.29, 1.82) is 0 Å². The third-order valence-corrected chi connectivity index (χ3v) is 1.21. The monoisotopic (exact) mass is 165 g/mol. The summed E-state index contributed by atoms with van der Waals surface area (Å²) in [6, 6.07) is 0. The van der Waals surface area contributed by atoms with E-state index in [1.54, 1.807) is 0 Å². The van der Waals surface area contributed by atoms with Crippen molar-refractivity contribution in [2.75, 3.05) is 6.61 Å². The van der Waals surface area contributed by atoms with E-state index in [4.69, 9.17) is 15.3 Å². The molecule has 0 heterocycles. The van der Waals surface area contributed by atoms with Gasteiger partial charge in [0.25, 0.3) is 0 Å². The molecule has 0 saturated carbocycles. The van der Waals surface area contributed by atoms with E-state index in [1.807, 2.05) is 0 Å². The number of carbonyl (C=O) groups excluding carboxylic acids is 1. The summed E-state index contributed by atoms with van der Waals surface area (Å²) in [5.41, 5.74) is 0. The van der Waals surface area contributed by atoms with E-state index in [1.165, 1.54) is 0 Å². The van der Waals surface area contributed by atoms with Crippen molar-refractivity contribution < 1.29 is 25.0 Å². The molecule has 3 atom stereocenters. The molecule has 0 aromatic carbocycles. The highest BCUT2D eigenvalue weighted by atomic mass is 16.6. The van der Waals surface area contributed by atoms with Crippen LogP contribution in [0.2, 0.25) is 0 Å². The average molecular weight is 165 g/mol. The Bertz CT molecular complexity index is 119. The fourth-order valence-corrected chi connectivity index (χ4v) is 0.520. The fourth-order valence-electron chi connectivity index (χ4n) is 0.520. The van der Waals surface area contributed by atoms with Crippen LogP contribution in [0.25, 0.3) is 0 Å². The summed E-state index contributed by atoms with van der Waals surface area (Å²) in [5.74, 6) is 4.59. The largest absolute Gasteiger partial charge is 0.394 e. The van der Waals surface area contributed by atoms with Crippen LogP contribution in [-0.2, 0) is 9.63 Å². The van der Waals surface area contributed by atoms with Crippen LogP contribution in [0.1, 0.15) is 0 Å². The molecule has 0 aliphatic heterocycles. The van der Waals surface area contributed by atoms with Gasteiger partial charge in [0, 0.05) is 0 Å². The number of hydrogen-bond acceptors (Lipinski definition) is 6. The number of aldehydes is 1. The van der Waals surface area contributed by atoms with Gasteiger partial charge in [0.1, 0.15) is 12.2 Å². The van der Waals surface area contributed by atoms with Crippen LogP contribution in [0.5, 0.6) is 0 Å². The molecule has 6 nitrogen and oxygen atoms in total. The number of carbonyl (C=O) groups is 1. The first-order chi connectivity index (χ1) is 5.17. The highest BCUT2D eigenvalue weighted by molar-refractivity contribution is 5.57. The summed E-state index contributed by atoms with van der Waals surface area (Å²) >= 11 is 0. The van der Waals surface area contributed by atoms with Gasteiger partial charge in [-0.25, -0.2) is 5.90 Å². The highest BCUT2D eigenvalue weighted by Crippen LogP contribution is 1.99. The summed E-state index contributed by atoms with van der Waals surface area (Å²) in [5, 5.41) is 26.0. The molecule has 5 N–H and O–H groups in total. The maximum atomic E-state index is 10.0. The van der Waals surface area contributed by atoms with Crippen molar-refractivity contribution in [3.63, 3.8) is 0 Å². The van der Waals surface area contributed by atoms with Gasteiger partial charge in [0.05, 0.1) is 6.61 Å². The quantitative estimate of drug-likeness (QED) is 0.258. The fraction of sp³-hybridized carbons (Fsp3) is 0.800. The van der Waals surface area contributed by atoms with Crippen LogP contribution in [0.15, 0.2) is 0 Å². The Balaban J connectivity index is 3.96. The molecular weight excluding hydrogens is 154 g/mol. The lowest BCUT2D eigenvalue weighted by Crippen LogP contribution is -2.43. The van der Waals surface area contributed by atoms with Gasteiger partial charge in [-0.05, 0) is 0 Å². The molecule has 0 saturated heterocycles. The van der Waals surface area contributed by atoms with Crippen molar-refractivity contribution in [1.82, 2.24) is 0 Å². The van der Waals surface area contributed by atoms with Crippen LogP contribution >= 0.6 is 0 Å². The Morgan fingerprint density at radius 2 is 2.09 bits per heavy atom. The molecule has 0 unspecified atom stereocenters. The third kappa shape index (κ3) is 2.91. The van der Waals surface area contributed by atoms with Crippen molar-refractivity contribution in [2.24, 2.45) is 5.90 Å². The van der Waals surface area contributed by atoms with E-state index in [0.717, 1.165) is 0 Å². The SMILES string of the molecule is NO[C@H](C=O)[C@H](O)[C@H](O)CO. The zero-order valence-electron chi connectivity index (χ0n) is 5.75. The number of aliphatic hydroxyl groups is 3. The topological polar surface area (TPSA) is 113 Å². The van der Waals surface area contributed by atoms with E-state index in [2.05, 4.69) is 10.7 Å². The second-order valence-corrected chi connectivity index (χ2v) is 1.98. The molecule has 0 rings (SSSR count). The third-order valence-electron chi connectivity index (χ3n) is 1.21. The van der Waals surface area contributed by atoms with Gasteiger partial charge in [-0.15, -0.1) is 0 Å². The zero-order valence-corrected chi connectivity index (χ0v) is 5.75. The number of hydrogen-bond donors (Lipinski definition) is 4. The van der Waals surface area contributed by atoms with E-state index in [0.29, 0.717) is 0 Å². The van der Waals surface area contributed by atoms with Gasteiger partial charge >= 0.3 is 0 Å². The van der Waals surface area contributed by atoms with Gasteiger partial charge in [-0.3, -0.25) is 4.84 Å². The minimum absolute atomic E-state index is 0.240. The molecule has 0 aliphatic rings. The number of nitrogens with two attached hydrogens (primary N) is 1. The summed E-state index contributed by atoms with van der Waals surface area (Å²) in [6.45, 7) is -0.658. The van der Waals surface area contributed by atoms with Crippen LogP contribution < -0.4 is 5.90 Å². The first-order valence-electron chi connectivity index (χ1n) is 2.95. The summed E-state index contributed by atoms with van der Waals surface area (Å²) in [6.07, 6.45) is -3.99. The summed E-state index contributed by atoms with van der Waals surface area (Å²) < 4.78 is 0. The van der Waals surface area contributed by atoms with E-state index in [-0.39, 0.29) is 6.29 Å². The molecule has 0 fully saturated rings. The highest BCUT2D eigenvalue weighted by Gasteiger charge is 2.25. The first-order valence-corrected chi connectivity index (χ1v) is 2.95. The van der Waals surface area contributed by atoms with Gasteiger partial charge in [0.2, 0.25) is 0 Å². The summed E-state index contributed by atoms with van der Waals surface area (Å²) in [7, 11) is 0.